The summed E-state index contributed by atoms with van der Waals surface area (Å²) >= 11 is 0. The zero-order valence-electron chi connectivity index (χ0n) is 11.3. The number of hydrogen-bond acceptors (Lipinski definition) is 2. The van der Waals surface area contributed by atoms with Crippen molar-refractivity contribution in [3.63, 3.8) is 0 Å². The van der Waals surface area contributed by atoms with Gasteiger partial charge in [-0.2, -0.15) is 0 Å². The Hall–Kier alpha value is -1.96. The van der Waals surface area contributed by atoms with Crippen LogP contribution in [0.4, 0.5) is 11.4 Å². The van der Waals surface area contributed by atoms with Crippen molar-refractivity contribution in [2.45, 2.75) is 13.5 Å². The van der Waals surface area contributed by atoms with Crippen molar-refractivity contribution in [1.29, 1.82) is 0 Å². The van der Waals surface area contributed by atoms with Crippen LogP contribution in [0.25, 0.3) is 0 Å². The van der Waals surface area contributed by atoms with E-state index in [9.17, 15) is 0 Å². The van der Waals surface area contributed by atoms with Gasteiger partial charge in [0, 0.05) is 20.6 Å². The van der Waals surface area contributed by atoms with Crippen molar-refractivity contribution < 1.29 is 0 Å². The third kappa shape index (κ3) is 2.83. The molecule has 0 spiro atoms. The van der Waals surface area contributed by atoms with Gasteiger partial charge in [-0.3, -0.25) is 0 Å². The SMILES string of the molecule is CNc1cc(C)ccc1N(C)Cc1ccccc1. The molecule has 0 radical (unpaired) electrons. The van der Waals surface area contributed by atoms with Crippen LogP contribution in [0.1, 0.15) is 11.1 Å². The molecule has 2 rings (SSSR count). The van der Waals surface area contributed by atoms with Gasteiger partial charge < -0.3 is 10.2 Å². The summed E-state index contributed by atoms with van der Waals surface area (Å²) in [5.41, 5.74) is 5.00. The van der Waals surface area contributed by atoms with Crippen LogP contribution in [0, 0.1) is 6.92 Å². The Bertz CT molecular complexity index is 506. The normalized spacial score (nSPS) is 10.2. The second-order valence-electron chi connectivity index (χ2n) is 4.61. The topological polar surface area (TPSA) is 15.3 Å². The van der Waals surface area contributed by atoms with Gasteiger partial charge in [0.2, 0.25) is 0 Å². The fourth-order valence-corrected chi connectivity index (χ4v) is 2.13. The molecule has 0 fully saturated rings. The minimum atomic E-state index is 0.915. The summed E-state index contributed by atoms with van der Waals surface area (Å²) < 4.78 is 0. The van der Waals surface area contributed by atoms with Crippen LogP contribution in [-0.4, -0.2) is 14.1 Å². The maximum atomic E-state index is 3.26. The van der Waals surface area contributed by atoms with E-state index in [0.717, 1.165) is 6.54 Å². The fraction of sp³-hybridized carbons (Fsp3) is 0.250. The molecule has 2 aromatic rings. The second kappa shape index (κ2) is 5.58. The van der Waals surface area contributed by atoms with E-state index in [0.29, 0.717) is 0 Å². The van der Waals surface area contributed by atoms with Crippen LogP contribution in [-0.2, 0) is 6.54 Å². The van der Waals surface area contributed by atoms with Crippen LogP contribution in [0.2, 0.25) is 0 Å². The summed E-state index contributed by atoms with van der Waals surface area (Å²) in [5, 5.41) is 3.26. The molecule has 18 heavy (non-hydrogen) atoms. The molecule has 94 valence electrons. The summed E-state index contributed by atoms with van der Waals surface area (Å²) in [6.07, 6.45) is 0. The first-order chi connectivity index (χ1) is 8.70. The van der Waals surface area contributed by atoms with E-state index in [-0.39, 0.29) is 0 Å². The zero-order chi connectivity index (χ0) is 13.0. The fourth-order valence-electron chi connectivity index (χ4n) is 2.13. The summed E-state index contributed by atoms with van der Waals surface area (Å²) in [6.45, 7) is 3.03. The summed E-state index contributed by atoms with van der Waals surface area (Å²) in [5.74, 6) is 0. The average molecular weight is 240 g/mol. The standard InChI is InChI=1S/C16H20N2/c1-13-9-10-16(15(11-13)17-2)18(3)12-14-7-5-4-6-8-14/h4-11,17H,12H2,1-3H3. The first-order valence-electron chi connectivity index (χ1n) is 6.24. The summed E-state index contributed by atoms with van der Waals surface area (Å²) in [4.78, 5) is 2.26. The van der Waals surface area contributed by atoms with Gasteiger partial charge in [-0.05, 0) is 30.2 Å². The molecule has 0 atom stereocenters. The second-order valence-corrected chi connectivity index (χ2v) is 4.61. The molecular formula is C16H20N2. The van der Waals surface area contributed by atoms with Crippen LogP contribution < -0.4 is 10.2 Å². The van der Waals surface area contributed by atoms with E-state index >= 15 is 0 Å². The van der Waals surface area contributed by atoms with Gasteiger partial charge in [0.1, 0.15) is 0 Å². The van der Waals surface area contributed by atoms with Crippen molar-refractivity contribution in [2.24, 2.45) is 0 Å². The Morgan fingerprint density at radius 1 is 1.06 bits per heavy atom. The monoisotopic (exact) mass is 240 g/mol. The van der Waals surface area contributed by atoms with E-state index in [2.05, 4.69) is 72.7 Å². The Balaban J connectivity index is 2.21. The first-order valence-corrected chi connectivity index (χ1v) is 6.24. The molecule has 0 unspecified atom stereocenters. The lowest BCUT2D eigenvalue weighted by atomic mass is 10.1. The van der Waals surface area contributed by atoms with Crippen LogP contribution in [0.3, 0.4) is 0 Å². The Labute approximate surface area is 109 Å². The number of nitrogens with one attached hydrogen (secondary N) is 1. The molecule has 2 heteroatoms. The molecule has 0 aromatic heterocycles. The molecule has 2 nitrogen and oxygen atoms in total. The third-order valence-electron chi connectivity index (χ3n) is 3.10. The average Bonchev–Trinajstić information content (AvgIpc) is 2.39. The maximum absolute atomic E-state index is 3.26. The summed E-state index contributed by atoms with van der Waals surface area (Å²) in [7, 11) is 4.09. The van der Waals surface area contributed by atoms with Crippen molar-refractivity contribution in [1.82, 2.24) is 0 Å². The van der Waals surface area contributed by atoms with Crippen molar-refractivity contribution in [3.05, 3.63) is 59.7 Å². The van der Waals surface area contributed by atoms with Gasteiger partial charge in [0.25, 0.3) is 0 Å². The predicted molar refractivity (Wildman–Crippen MR) is 79.3 cm³/mol. The number of anilines is 2. The first kappa shape index (κ1) is 12.5. The maximum Gasteiger partial charge on any atom is 0.0602 e. The highest BCUT2D eigenvalue weighted by atomic mass is 15.1. The third-order valence-corrected chi connectivity index (χ3v) is 3.10. The Morgan fingerprint density at radius 2 is 1.78 bits per heavy atom. The predicted octanol–water partition coefficient (Wildman–Crippen LogP) is 3.67. The highest BCUT2D eigenvalue weighted by molar-refractivity contribution is 5.70. The van der Waals surface area contributed by atoms with Crippen LogP contribution >= 0.6 is 0 Å². The van der Waals surface area contributed by atoms with E-state index < -0.39 is 0 Å². The molecule has 2 aromatic carbocycles. The Kier molecular flexibility index (Phi) is 3.88. The van der Waals surface area contributed by atoms with Crippen molar-refractivity contribution >= 4 is 11.4 Å². The highest BCUT2D eigenvalue weighted by Gasteiger charge is 2.07. The molecule has 0 aliphatic heterocycles. The molecule has 0 saturated heterocycles. The molecule has 0 heterocycles. The molecule has 0 saturated carbocycles. The largest absolute Gasteiger partial charge is 0.386 e. The van der Waals surface area contributed by atoms with E-state index in [4.69, 9.17) is 0 Å². The lowest BCUT2D eigenvalue weighted by Crippen LogP contribution is -2.17. The lowest BCUT2D eigenvalue weighted by molar-refractivity contribution is 0.923. The van der Waals surface area contributed by atoms with Gasteiger partial charge in [-0.15, -0.1) is 0 Å². The quantitative estimate of drug-likeness (QED) is 0.877. The van der Waals surface area contributed by atoms with Gasteiger partial charge in [0.05, 0.1) is 11.4 Å². The highest BCUT2D eigenvalue weighted by Crippen LogP contribution is 2.26. The number of hydrogen-bond donors (Lipinski definition) is 1. The minimum Gasteiger partial charge on any atom is -0.386 e. The lowest BCUT2D eigenvalue weighted by Gasteiger charge is -2.23. The van der Waals surface area contributed by atoms with E-state index in [1.54, 1.807) is 0 Å². The van der Waals surface area contributed by atoms with Gasteiger partial charge >= 0.3 is 0 Å². The number of benzene rings is 2. The molecule has 1 N–H and O–H groups in total. The molecule has 0 aliphatic carbocycles. The smallest absolute Gasteiger partial charge is 0.0602 e. The minimum absolute atomic E-state index is 0.915. The molecule has 0 bridgehead atoms. The Morgan fingerprint density at radius 3 is 2.44 bits per heavy atom. The number of aryl methyl sites for hydroxylation is 1. The van der Waals surface area contributed by atoms with Crippen LogP contribution in [0.5, 0.6) is 0 Å². The van der Waals surface area contributed by atoms with Gasteiger partial charge in [0.15, 0.2) is 0 Å². The van der Waals surface area contributed by atoms with Crippen LogP contribution in [0.15, 0.2) is 48.5 Å². The molecular weight excluding hydrogens is 220 g/mol. The van der Waals surface area contributed by atoms with Gasteiger partial charge in [-0.1, -0.05) is 36.4 Å². The van der Waals surface area contributed by atoms with Crippen molar-refractivity contribution in [3.8, 4) is 0 Å². The van der Waals surface area contributed by atoms with Crippen molar-refractivity contribution in [2.75, 3.05) is 24.3 Å². The zero-order valence-corrected chi connectivity index (χ0v) is 11.3. The molecule has 0 amide bonds. The number of rotatable bonds is 4. The number of nitrogens with zero attached hydrogens (tertiary/aromatic N) is 1. The summed E-state index contributed by atoms with van der Waals surface area (Å²) in [6, 6.07) is 17.0. The molecule has 0 aliphatic rings. The van der Waals surface area contributed by atoms with E-state index in [1.165, 1.54) is 22.5 Å². The van der Waals surface area contributed by atoms with Gasteiger partial charge in [-0.25, -0.2) is 0 Å². The van der Waals surface area contributed by atoms with E-state index in [1.807, 2.05) is 7.05 Å².